The quantitative estimate of drug-likeness (QED) is 0.229. The topological polar surface area (TPSA) is 131 Å². The number of hydrogen-bond acceptors (Lipinski definition) is 9. The van der Waals surface area contributed by atoms with Crippen molar-refractivity contribution in [2.45, 2.75) is 35.6 Å². The molecular formula is C28H22F5N5O4S3. The second kappa shape index (κ2) is 10.4. The largest absolute Gasteiger partial charge is 0.351 e. The lowest BCUT2D eigenvalue weighted by atomic mass is 10.1. The molecule has 3 aliphatic rings. The molecule has 0 bridgehead atoms. The number of halogens is 5. The Morgan fingerprint density at radius 1 is 0.956 bits per heavy atom. The first-order valence-electron chi connectivity index (χ1n) is 13.7. The van der Waals surface area contributed by atoms with Gasteiger partial charge in [-0.1, -0.05) is 12.1 Å². The average Bonchev–Trinajstić information content (AvgIpc) is 3.79. The van der Waals surface area contributed by atoms with Crippen LogP contribution in [0.4, 0.5) is 33.6 Å². The lowest BCUT2D eigenvalue weighted by Crippen LogP contribution is -2.19. The number of alkyl halides is 2. The fourth-order valence-electron chi connectivity index (χ4n) is 5.75. The van der Waals surface area contributed by atoms with Gasteiger partial charge in [-0.25, -0.2) is 53.7 Å². The third kappa shape index (κ3) is 5.23. The van der Waals surface area contributed by atoms with Gasteiger partial charge in [-0.2, -0.15) is 0 Å². The van der Waals surface area contributed by atoms with Crippen LogP contribution in [0, 0.1) is 29.3 Å². The summed E-state index contributed by atoms with van der Waals surface area (Å²) in [5, 5.41) is 3.18. The second-order valence-corrected chi connectivity index (χ2v) is 16.1. The zero-order valence-corrected chi connectivity index (χ0v) is 25.3. The number of sulfonamides is 1. The van der Waals surface area contributed by atoms with Crippen molar-refractivity contribution in [2.24, 2.45) is 11.8 Å². The van der Waals surface area contributed by atoms with Crippen molar-refractivity contribution >= 4 is 42.8 Å². The summed E-state index contributed by atoms with van der Waals surface area (Å²) in [7, 11) is -8.00. The zero-order chi connectivity index (χ0) is 31.9. The van der Waals surface area contributed by atoms with Crippen LogP contribution < -0.4 is 10.0 Å². The minimum atomic E-state index is -4.93. The van der Waals surface area contributed by atoms with Crippen molar-refractivity contribution in [3.63, 3.8) is 0 Å². The number of thiazole rings is 1. The van der Waals surface area contributed by atoms with E-state index >= 15 is 4.39 Å². The van der Waals surface area contributed by atoms with E-state index in [1.165, 1.54) is 24.4 Å². The molecule has 9 nitrogen and oxygen atoms in total. The number of fused-ring (bicyclic) bond motifs is 1. The Hall–Kier alpha value is -3.70. The Morgan fingerprint density at radius 3 is 2.27 bits per heavy atom. The standard InChI is InChI=1S/C28H22F5N5O4S3/c29-16-4-2-5-17(30)24(16)45(41,42)38-18-6-1-3-13(20(18)31)22-23(43-26(36-22)28(8-9-28)25(32)33)19-7-10-34-27(35-19)37-21-14-11-44(39,40)12-15(14)21/h1-7,10,14-15,21,25,38H,8-9,11-12H2,(H,34,35,37)/t14-,15+,21?. The highest BCUT2D eigenvalue weighted by molar-refractivity contribution is 7.92. The van der Waals surface area contributed by atoms with Crippen molar-refractivity contribution in [3.05, 3.63) is 71.1 Å². The van der Waals surface area contributed by atoms with E-state index in [2.05, 4.69) is 20.3 Å². The molecule has 2 aromatic heterocycles. The summed E-state index contributed by atoms with van der Waals surface area (Å²) < 4.78 is 124. The highest BCUT2D eigenvalue weighted by atomic mass is 32.2. The fourth-order valence-corrected chi connectivity index (χ4v) is 10.5. The first-order chi connectivity index (χ1) is 21.3. The molecule has 1 unspecified atom stereocenters. The smallest absolute Gasteiger partial charge is 0.267 e. The molecular weight excluding hydrogens is 662 g/mol. The molecule has 3 heterocycles. The molecule has 2 aromatic carbocycles. The van der Waals surface area contributed by atoms with Gasteiger partial charge in [0.15, 0.2) is 20.5 Å². The number of hydrogen-bond donors (Lipinski definition) is 2. The molecule has 236 valence electrons. The first-order valence-corrected chi connectivity index (χ1v) is 17.8. The van der Waals surface area contributed by atoms with E-state index < -0.39 is 59.7 Å². The number of benzene rings is 2. The molecule has 7 rings (SSSR count). The molecule has 3 fully saturated rings. The molecule has 17 heteroatoms. The Morgan fingerprint density at radius 2 is 1.62 bits per heavy atom. The van der Waals surface area contributed by atoms with E-state index in [4.69, 9.17) is 0 Å². The molecule has 45 heavy (non-hydrogen) atoms. The summed E-state index contributed by atoms with van der Waals surface area (Å²) in [6.45, 7) is 0. The maximum absolute atomic E-state index is 16.0. The highest BCUT2D eigenvalue weighted by Crippen LogP contribution is 2.56. The normalized spacial score (nSPS) is 22.7. The van der Waals surface area contributed by atoms with Crippen LogP contribution in [0.25, 0.3) is 21.8 Å². The van der Waals surface area contributed by atoms with E-state index in [9.17, 15) is 34.4 Å². The number of nitrogens with one attached hydrogen (secondary N) is 2. The maximum atomic E-state index is 16.0. The van der Waals surface area contributed by atoms with Crippen LogP contribution >= 0.6 is 11.3 Å². The number of aromatic nitrogens is 3. The van der Waals surface area contributed by atoms with Crippen LogP contribution in [-0.4, -0.2) is 55.8 Å². The van der Waals surface area contributed by atoms with Crippen LogP contribution in [0.3, 0.4) is 0 Å². The second-order valence-electron chi connectivity index (χ2n) is 11.3. The van der Waals surface area contributed by atoms with Gasteiger partial charge < -0.3 is 5.32 Å². The van der Waals surface area contributed by atoms with Crippen LogP contribution in [0.2, 0.25) is 0 Å². The predicted octanol–water partition coefficient (Wildman–Crippen LogP) is 5.24. The Bertz CT molecular complexity index is 2030. The van der Waals surface area contributed by atoms with Crippen molar-refractivity contribution < 1.29 is 38.8 Å². The molecule has 2 aliphatic carbocycles. The van der Waals surface area contributed by atoms with E-state index in [-0.39, 0.29) is 75.0 Å². The summed E-state index contributed by atoms with van der Waals surface area (Å²) in [5.41, 5.74) is -2.29. The number of rotatable bonds is 9. The van der Waals surface area contributed by atoms with Gasteiger partial charge in [-0.3, -0.25) is 4.72 Å². The maximum Gasteiger partial charge on any atom is 0.267 e. The van der Waals surface area contributed by atoms with Crippen LogP contribution in [0.15, 0.2) is 53.6 Å². The fraction of sp³-hybridized carbons (Fsp3) is 0.321. The van der Waals surface area contributed by atoms with Gasteiger partial charge in [0, 0.05) is 17.8 Å². The van der Waals surface area contributed by atoms with Gasteiger partial charge in [0.25, 0.3) is 10.0 Å². The molecule has 0 spiro atoms. The molecule has 1 saturated heterocycles. The summed E-state index contributed by atoms with van der Waals surface area (Å²) in [5.74, 6) is -3.74. The zero-order valence-electron chi connectivity index (χ0n) is 22.8. The predicted molar refractivity (Wildman–Crippen MR) is 156 cm³/mol. The van der Waals surface area contributed by atoms with E-state index in [0.717, 1.165) is 35.6 Å². The molecule has 0 radical (unpaired) electrons. The minimum absolute atomic E-state index is 0.0522. The van der Waals surface area contributed by atoms with Crippen molar-refractivity contribution in [1.29, 1.82) is 0 Å². The number of nitrogens with zero attached hydrogens (tertiary/aromatic N) is 3. The third-order valence-corrected chi connectivity index (χ3v) is 12.9. The Labute approximate surface area is 257 Å². The van der Waals surface area contributed by atoms with Crippen LogP contribution in [0.5, 0.6) is 0 Å². The minimum Gasteiger partial charge on any atom is -0.351 e. The van der Waals surface area contributed by atoms with Crippen molar-refractivity contribution in [1.82, 2.24) is 15.0 Å². The molecule has 1 aliphatic heterocycles. The van der Waals surface area contributed by atoms with Gasteiger partial charge in [0.05, 0.1) is 38.9 Å². The number of sulfone groups is 1. The van der Waals surface area contributed by atoms with Crippen molar-refractivity contribution in [2.75, 3.05) is 21.5 Å². The van der Waals surface area contributed by atoms with E-state index in [0.29, 0.717) is 0 Å². The molecule has 3 atom stereocenters. The summed E-state index contributed by atoms with van der Waals surface area (Å²) in [6, 6.07) is 7.40. The van der Waals surface area contributed by atoms with Crippen LogP contribution in [0.1, 0.15) is 17.8 Å². The van der Waals surface area contributed by atoms with Gasteiger partial charge >= 0.3 is 0 Å². The van der Waals surface area contributed by atoms with Gasteiger partial charge in [-0.15, -0.1) is 11.3 Å². The van der Waals surface area contributed by atoms with Gasteiger partial charge in [0.2, 0.25) is 12.4 Å². The van der Waals surface area contributed by atoms with Crippen molar-refractivity contribution in [3.8, 4) is 21.8 Å². The van der Waals surface area contributed by atoms with E-state index in [1.807, 2.05) is 4.72 Å². The monoisotopic (exact) mass is 683 g/mol. The Kier molecular flexibility index (Phi) is 6.94. The van der Waals surface area contributed by atoms with Gasteiger partial charge in [-0.05, 0) is 55.0 Å². The molecule has 4 aromatic rings. The van der Waals surface area contributed by atoms with Gasteiger partial charge in [0.1, 0.15) is 16.6 Å². The highest BCUT2D eigenvalue weighted by Gasteiger charge is 2.59. The number of anilines is 2. The third-order valence-electron chi connectivity index (χ3n) is 8.35. The molecule has 2 saturated carbocycles. The lowest BCUT2D eigenvalue weighted by molar-refractivity contribution is 0.102. The SMILES string of the molecule is O=S1(=O)C[C@@H]2C(Nc3nccc(-c4sc(C5(C(F)F)CC5)nc4-c4cccc(NS(=O)(=O)c5c(F)cccc5F)c4F)n3)[C@@H]2C1. The lowest BCUT2D eigenvalue weighted by Gasteiger charge is -2.13. The molecule has 0 amide bonds. The molecule has 2 N–H and O–H groups in total. The summed E-state index contributed by atoms with van der Waals surface area (Å²) in [6.07, 6.45) is -1.00. The summed E-state index contributed by atoms with van der Waals surface area (Å²) >= 11 is 0.900. The summed E-state index contributed by atoms with van der Waals surface area (Å²) in [4.78, 5) is 12.0. The van der Waals surface area contributed by atoms with E-state index in [1.54, 1.807) is 0 Å². The Balaban J connectivity index is 1.27. The van der Waals surface area contributed by atoms with Crippen LogP contribution in [-0.2, 0) is 25.3 Å². The average molecular weight is 684 g/mol. The first kappa shape index (κ1) is 30.0.